The topological polar surface area (TPSA) is 92.8 Å². The highest BCUT2D eigenvalue weighted by atomic mass is 19.1. The summed E-state index contributed by atoms with van der Waals surface area (Å²) in [6.45, 7) is 0. The highest BCUT2D eigenvalue weighted by Gasteiger charge is 2.26. The third-order valence-corrected chi connectivity index (χ3v) is 2.15. The molecule has 2 unspecified atom stereocenters. The van der Waals surface area contributed by atoms with E-state index in [1.807, 2.05) is 0 Å². The highest BCUT2D eigenvalue weighted by Crippen LogP contribution is 2.23. The van der Waals surface area contributed by atoms with Crippen LogP contribution in [0, 0.1) is 5.82 Å². The van der Waals surface area contributed by atoms with Crippen LogP contribution >= 0.6 is 0 Å². The lowest BCUT2D eigenvalue weighted by atomic mass is 10.0. The molecule has 88 valence electrons. The van der Waals surface area contributed by atoms with Crippen LogP contribution in [0.25, 0.3) is 0 Å². The van der Waals surface area contributed by atoms with Gasteiger partial charge in [-0.2, -0.15) is 0 Å². The molecule has 6 heteroatoms. The summed E-state index contributed by atoms with van der Waals surface area (Å²) in [5.74, 6) is -1.89. The Morgan fingerprint density at radius 1 is 1.56 bits per heavy atom. The molecule has 0 spiro atoms. The SMILES string of the molecule is COc1ccc(C(O)C(N)C(=O)O)c(F)c1. The van der Waals surface area contributed by atoms with Crippen molar-refractivity contribution in [3.05, 3.63) is 29.6 Å². The molecule has 0 aliphatic heterocycles. The Morgan fingerprint density at radius 3 is 2.62 bits per heavy atom. The van der Waals surface area contributed by atoms with Crippen LogP contribution in [0.2, 0.25) is 0 Å². The van der Waals surface area contributed by atoms with Crippen LogP contribution in [0.5, 0.6) is 5.75 Å². The number of rotatable bonds is 4. The van der Waals surface area contributed by atoms with Gasteiger partial charge in [0.15, 0.2) is 0 Å². The molecule has 0 heterocycles. The van der Waals surface area contributed by atoms with Crippen molar-refractivity contribution in [2.45, 2.75) is 12.1 Å². The van der Waals surface area contributed by atoms with E-state index >= 15 is 0 Å². The van der Waals surface area contributed by atoms with E-state index in [9.17, 15) is 14.3 Å². The van der Waals surface area contributed by atoms with E-state index in [1.54, 1.807) is 0 Å². The maximum atomic E-state index is 13.4. The van der Waals surface area contributed by atoms with E-state index in [-0.39, 0.29) is 11.3 Å². The van der Waals surface area contributed by atoms with Gasteiger partial charge < -0.3 is 20.7 Å². The van der Waals surface area contributed by atoms with Crippen LogP contribution in [0.4, 0.5) is 4.39 Å². The number of hydrogen-bond acceptors (Lipinski definition) is 4. The zero-order chi connectivity index (χ0) is 12.3. The minimum atomic E-state index is -1.59. The molecule has 4 N–H and O–H groups in total. The second-order valence-electron chi connectivity index (χ2n) is 3.20. The van der Waals surface area contributed by atoms with Gasteiger partial charge in [0.2, 0.25) is 0 Å². The average molecular weight is 229 g/mol. The average Bonchev–Trinajstić information content (AvgIpc) is 2.26. The van der Waals surface area contributed by atoms with Crippen molar-refractivity contribution in [3.8, 4) is 5.75 Å². The number of halogens is 1. The normalized spacial score (nSPS) is 14.2. The van der Waals surface area contributed by atoms with Gasteiger partial charge in [0.1, 0.15) is 23.7 Å². The summed E-state index contributed by atoms with van der Waals surface area (Å²) in [6, 6.07) is 2.13. The molecular formula is C10H12FNO4. The van der Waals surface area contributed by atoms with Crippen LogP contribution < -0.4 is 10.5 Å². The Morgan fingerprint density at radius 2 is 2.19 bits per heavy atom. The van der Waals surface area contributed by atoms with Gasteiger partial charge in [-0.1, -0.05) is 0 Å². The minimum absolute atomic E-state index is 0.171. The number of aliphatic hydroxyl groups excluding tert-OH is 1. The zero-order valence-corrected chi connectivity index (χ0v) is 8.55. The third kappa shape index (κ3) is 2.47. The molecule has 0 saturated heterocycles. The number of aliphatic hydroxyl groups is 1. The van der Waals surface area contributed by atoms with Crippen LogP contribution in [0.15, 0.2) is 18.2 Å². The first-order valence-corrected chi connectivity index (χ1v) is 4.47. The second kappa shape index (κ2) is 4.91. The zero-order valence-electron chi connectivity index (χ0n) is 8.55. The van der Waals surface area contributed by atoms with Gasteiger partial charge in [-0.25, -0.2) is 4.39 Å². The van der Waals surface area contributed by atoms with Crippen molar-refractivity contribution in [1.29, 1.82) is 0 Å². The van der Waals surface area contributed by atoms with Crippen LogP contribution in [0.1, 0.15) is 11.7 Å². The molecule has 16 heavy (non-hydrogen) atoms. The molecule has 0 amide bonds. The number of carbonyl (C=O) groups is 1. The number of ether oxygens (including phenoxy) is 1. The first kappa shape index (κ1) is 12.4. The number of benzene rings is 1. The van der Waals surface area contributed by atoms with Crippen molar-refractivity contribution in [1.82, 2.24) is 0 Å². The van der Waals surface area contributed by atoms with Gasteiger partial charge in [-0.05, 0) is 12.1 Å². The number of carboxylic acid groups (broad SMARTS) is 1. The Kier molecular flexibility index (Phi) is 3.81. The first-order chi connectivity index (χ1) is 7.47. The van der Waals surface area contributed by atoms with E-state index in [4.69, 9.17) is 15.6 Å². The minimum Gasteiger partial charge on any atom is -0.497 e. The van der Waals surface area contributed by atoms with Gasteiger partial charge in [0.25, 0.3) is 0 Å². The van der Waals surface area contributed by atoms with E-state index in [1.165, 1.54) is 19.2 Å². The molecular weight excluding hydrogens is 217 g/mol. The van der Waals surface area contributed by atoms with Crippen molar-refractivity contribution >= 4 is 5.97 Å². The summed E-state index contributed by atoms with van der Waals surface area (Å²) in [6.07, 6.45) is -1.59. The number of methoxy groups -OCH3 is 1. The van der Waals surface area contributed by atoms with E-state index in [0.717, 1.165) is 6.07 Å². The largest absolute Gasteiger partial charge is 0.497 e. The monoisotopic (exact) mass is 229 g/mol. The Balaban J connectivity index is 3.00. The summed E-state index contributed by atoms with van der Waals surface area (Å²) in [5.41, 5.74) is 5.01. The molecule has 0 aliphatic rings. The summed E-state index contributed by atoms with van der Waals surface area (Å²) in [7, 11) is 1.37. The second-order valence-corrected chi connectivity index (χ2v) is 3.20. The molecule has 0 fully saturated rings. The predicted octanol–water partition coefficient (Wildman–Crippen LogP) is 0.280. The number of hydrogen-bond donors (Lipinski definition) is 3. The lowest BCUT2D eigenvalue weighted by Gasteiger charge is -2.16. The van der Waals surface area contributed by atoms with Gasteiger partial charge >= 0.3 is 5.97 Å². The Labute approximate surface area is 91.3 Å². The van der Waals surface area contributed by atoms with Gasteiger partial charge in [0, 0.05) is 11.6 Å². The fraction of sp³-hybridized carbons (Fsp3) is 0.300. The molecule has 0 radical (unpaired) electrons. The Bertz CT molecular complexity index is 396. The first-order valence-electron chi connectivity index (χ1n) is 4.47. The molecule has 5 nitrogen and oxygen atoms in total. The molecule has 0 bridgehead atoms. The molecule has 0 saturated carbocycles. The quantitative estimate of drug-likeness (QED) is 0.689. The van der Waals surface area contributed by atoms with Gasteiger partial charge in [0.05, 0.1) is 7.11 Å². The predicted molar refractivity (Wildman–Crippen MR) is 53.5 cm³/mol. The van der Waals surface area contributed by atoms with Crippen molar-refractivity contribution in [2.75, 3.05) is 7.11 Å². The number of aliphatic carboxylic acids is 1. The van der Waals surface area contributed by atoms with Crippen LogP contribution in [-0.2, 0) is 4.79 Å². The summed E-state index contributed by atoms with van der Waals surface area (Å²) >= 11 is 0. The fourth-order valence-corrected chi connectivity index (χ4v) is 1.20. The lowest BCUT2D eigenvalue weighted by molar-refractivity contribution is -0.141. The standard InChI is InChI=1S/C10H12FNO4/c1-16-5-2-3-6(7(11)4-5)9(13)8(12)10(14)15/h2-4,8-9,13H,12H2,1H3,(H,14,15). The summed E-state index contributed by atoms with van der Waals surface area (Å²) < 4.78 is 18.2. The van der Waals surface area contributed by atoms with E-state index < -0.39 is 23.9 Å². The van der Waals surface area contributed by atoms with E-state index in [0.29, 0.717) is 0 Å². The molecule has 1 aromatic rings. The molecule has 0 aliphatic carbocycles. The highest BCUT2D eigenvalue weighted by molar-refractivity contribution is 5.74. The summed E-state index contributed by atoms with van der Waals surface area (Å²) in [5, 5.41) is 18.1. The smallest absolute Gasteiger partial charge is 0.323 e. The Hall–Kier alpha value is -1.66. The van der Waals surface area contributed by atoms with Gasteiger partial charge in [-0.3, -0.25) is 4.79 Å². The molecule has 0 aromatic heterocycles. The lowest BCUT2D eigenvalue weighted by Crippen LogP contribution is -2.36. The van der Waals surface area contributed by atoms with Crippen LogP contribution in [-0.4, -0.2) is 29.3 Å². The maximum Gasteiger partial charge on any atom is 0.323 e. The van der Waals surface area contributed by atoms with E-state index in [2.05, 4.69) is 0 Å². The van der Waals surface area contributed by atoms with Gasteiger partial charge in [-0.15, -0.1) is 0 Å². The summed E-state index contributed by atoms with van der Waals surface area (Å²) in [4.78, 5) is 10.5. The molecule has 1 rings (SSSR count). The molecule has 2 atom stereocenters. The number of carboxylic acids is 1. The maximum absolute atomic E-state index is 13.4. The number of nitrogens with two attached hydrogens (primary N) is 1. The third-order valence-electron chi connectivity index (χ3n) is 2.15. The van der Waals surface area contributed by atoms with Crippen molar-refractivity contribution < 1.29 is 24.1 Å². The fourth-order valence-electron chi connectivity index (χ4n) is 1.20. The van der Waals surface area contributed by atoms with Crippen molar-refractivity contribution in [2.24, 2.45) is 5.73 Å². The van der Waals surface area contributed by atoms with Crippen LogP contribution in [0.3, 0.4) is 0 Å². The van der Waals surface area contributed by atoms with Crippen molar-refractivity contribution in [3.63, 3.8) is 0 Å². The molecule has 1 aromatic carbocycles.